The summed E-state index contributed by atoms with van der Waals surface area (Å²) < 4.78 is 0. The molecule has 0 saturated heterocycles. The molecule has 1 fully saturated rings. The molecule has 0 radical (unpaired) electrons. The maximum Gasteiger partial charge on any atom is 0.129 e. The van der Waals surface area contributed by atoms with Gasteiger partial charge in [-0.25, -0.2) is 4.98 Å². The Morgan fingerprint density at radius 1 is 1.30 bits per heavy atom. The summed E-state index contributed by atoms with van der Waals surface area (Å²) in [7, 11) is 2.20. The van der Waals surface area contributed by atoms with Gasteiger partial charge in [-0.2, -0.15) is 0 Å². The first-order valence-corrected chi connectivity index (χ1v) is 8.47. The van der Waals surface area contributed by atoms with Crippen LogP contribution in [0.2, 0.25) is 0 Å². The molecule has 2 unspecified atom stereocenters. The van der Waals surface area contributed by atoms with Crippen LogP contribution in [-0.2, 0) is 12.3 Å². The van der Waals surface area contributed by atoms with Crippen LogP contribution in [-0.4, -0.2) is 18.1 Å². The molecule has 1 aliphatic rings. The highest BCUT2D eigenvalue weighted by molar-refractivity contribution is 6.17. The minimum absolute atomic E-state index is 0.570. The fraction of sp³-hybridized carbons (Fsp3) is 0.706. The third kappa shape index (κ3) is 3.66. The summed E-state index contributed by atoms with van der Waals surface area (Å²) >= 11 is 6.04. The molecule has 2 nitrogen and oxygen atoms in total. The van der Waals surface area contributed by atoms with Crippen molar-refractivity contribution in [2.24, 2.45) is 5.92 Å². The molecule has 1 aromatic heterocycles. The van der Waals surface area contributed by atoms with E-state index in [1.807, 2.05) is 0 Å². The van der Waals surface area contributed by atoms with E-state index in [1.165, 1.54) is 36.9 Å². The van der Waals surface area contributed by atoms with Crippen LogP contribution in [0, 0.1) is 5.92 Å². The Bertz CT molecular complexity index is 433. The van der Waals surface area contributed by atoms with Crippen LogP contribution >= 0.6 is 11.6 Å². The normalized spacial score (nSPS) is 22.8. The lowest BCUT2D eigenvalue weighted by molar-refractivity contribution is 0.320. The molecule has 1 saturated carbocycles. The molecular weight excluding hydrogens is 268 g/mol. The van der Waals surface area contributed by atoms with Crippen LogP contribution in [0.15, 0.2) is 12.1 Å². The van der Waals surface area contributed by atoms with Gasteiger partial charge in [0.15, 0.2) is 0 Å². The molecule has 0 aromatic carbocycles. The Hall–Kier alpha value is -0.760. The molecule has 0 bridgehead atoms. The first-order valence-electron chi connectivity index (χ1n) is 7.94. The number of anilines is 1. The quantitative estimate of drug-likeness (QED) is 0.726. The maximum absolute atomic E-state index is 6.04. The van der Waals surface area contributed by atoms with Gasteiger partial charge in [0.25, 0.3) is 0 Å². The van der Waals surface area contributed by atoms with Crippen molar-refractivity contribution in [3.8, 4) is 0 Å². The summed E-state index contributed by atoms with van der Waals surface area (Å²) in [5.74, 6) is 2.43. The van der Waals surface area contributed by atoms with Gasteiger partial charge < -0.3 is 4.90 Å². The average molecular weight is 295 g/mol. The third-order valence-electron chi connectivity index (χ3n) is 4.51. The van der Waals surface area contributed by atoms with E-state index in [1.54, 1.807) is 0 Å². The largest absolute Gasteiger partial charge is 0.356 e. The average Bonchev–Trinajstić information content (AvgIpc) is 2.47. The maximum atomic E-state index is 6.04. The van der Waals surface area contributed by atoms with E-state index in [-0.39, 0.29) is 0 Å². The molecular formula is C17H27ClN2. The molecule has 2 rings (SSSR count). The monoisotopic (exact) mass is 294 g/mol. The zero-order chi connectivity index (χ0) is 14.5. The van der Waals surface area contributed by atoms with Crippen LogP contribution in [0.25, 0.3) is 0 Å². The van der Waals surface area contributed by atoms with E-state index in [0.717, 1.165) is 24.6 Å². The Kier molecular flexibility index (Phi) is 5.71. The number of pyridine rings is 1. The van der Waals surface area contributed by atoms with Gasteiger partial charge in [0.2, 0.25) is 0 Å². The van der Waals surface area contributed by atoms with Crippen molar-refractivity contribution in [2.75, 3.05) is 11.9 Å². The highest BCUT2D eigenvalue weighted by Crippen LogP contribution is 2.30. The second-order valence-corrected chi connectivity index (χ2v) is 6.42. The number of aromatic nitrogens is 1. The fourth-order valence-corrected chi connectivity index (χ4v) is 3.47. The van der Waals surface area contributed by atoms with Crippen molar-refractivity contribution in [3.63, 3.8) is 0 Å². The summed E-state index contributed by atoms with van der Waals surface area (Å²) in [5, 5.41) is 0. The smallest absolute Gasteiger partial charge is 0.129 e. The molecule has 0 N–H and O–H groups in total. The number of hydrogen-bond donors (Lipinski definition) is 0. The van der Waals surface area contributed by atoms with E-state index < -0.39 is 0 Å². The lowest BCUT2D eigenvalue weighted by Crippen LogP contribution is -2.39. The zero-order valence-electron chi connectivity index (χ0n) is 13.0. The van der Waals surface area contributed by atoms with Gasteiger partial charge in [-0.1, -0.05) is 33.1 Å². The van der Waals surface area contributed by atoms with Crippen LogP contribution in [0.4, 0.5) is 5.82 Å². The van der Waals surface area contributed by atoms with Gasteiger partial charge in [0, 0.05) is 24.7 Å². The first-order chi connectivity index (χ1) is 9.65. The standard InChI is InChI=1S/C17H27ClN2/c1-4-7-15-10-14(12-18)11-17(19-15)20(3)16-9-6-5-8-13(16)2/h10-11,13,16H,4-9,12H2,1-3H3. The number of nitrogens with zero attached hydrogens (tertiary/aromatic N) is 2. The van der Waals surface area contributed by atoms with E-state index >= 15 is 0 Å². The highest BCUT2D eigenvalue weighted by atomic mass is 35.5. The lowest BCUT2D eigenvalue weighted by Gasteiger charge is -2.37. The third-order valence-corrected chi connectivity index (χ3v) is 4.82. The van der Waals surface area contributed by atoms with Crippen LogP contribution < -0.4 is 4.90 Å². The van der Waals surface area contributed by atoms with Crippen molar-refractivity contribution in [1.29, 1.82) is 0 Å². The molecule has 0 spiro atoms. The Balaban J connectivity index is 2.23. The number of aryl methyl sites for hydroxylation is 1. The van der Waals surface area contributed by atoms with Gasteiger partial charge in [0.1, 0.15) is 5.82 Å². The lowest BCUT2D eigenvalue weighted by atomic mass is 9.85. The molecule has 2 atom stereocenters. The van der Waals surface area contributed by atoms with E-state index in [0.29, 0.717) is 11.9 Å². The molecule has 0 amide bonds. The molecule has 1 heterocycles. The predicted octanol–water partition coefficient (Wildman–Crippen LogP) is 4.79. The van der Waals surface area contributed by atoms with E-state index in [2.05, 4.69) is 37.9 Å². The van der Waals surface area contributed by atoms with Crippen molar-refractivity contribution in [3.05, 3.63) is 23.4 Å². The Morgan fingerprint density at radius 2 is 2.05 bits per heavy atom. The topological polar surface area (TPSA) is 16.1 Å². The van der Waals surface area contributed by atoms with Gasteiger partial charge in [-0.15, -0.1) is 11.6 Å². The predicted molar refractivity (Wildman–Crippen MR) is 87.6 cm³/mol. The molecule has 112 valence electrons. The van der Waals surface area contributed by atoms with Gasteiger partial charge in [-0.05, 0) is 42.9 Å². The summed E-state index contributed by atoms with van der Waals surface area (Å²) in [6.45, 7) is 4.57. The van der Waals surface area contributed by atoms with Gasteiger partial charge in [0.05, 0.1) is 0 Å². The second kappa shape index (κ2) is 7.31. The summed E-state index contributed by atoms with van der Waals surface area (Å²) in [4.78, 5) is 7.24. The SMILES string of the molecule is CCCc1cc(CCl)cc(N(C)C2CCCCC2C)n1. The number of rotatable bonds is 5. The zero-order valence-corrected chi connectivity index (χ0v) is 13.8. The minimum Gasteiger partial charge on any atom is -0.356 e. The van der Waals surface area contributed by atoms with Crippen molar-refractivity contribution in [2.45, 2.75) is 64.3 Å². The molecule has 1 aromatic rings. The van der Waals surface area contributed by atoms with E-state index in [4.69, 9.17) is 16.6 Å². The summed E-state index contributed by atoms with van der Waals surface area (Å²) in [6.07, 6.45) is 7.51. The fourth-order valence-electron chi connectivity index (χ4n) is 3.32. The van der Waals surface area contributed by atoms with Crippen molar-refractivity contribution in [1.82, 2.24) is 4.98 Å². The first kappa shape index (κ1) is 15.6. The molecule has 1 aliphatic carbocycles. The molecule has 0 aliphatic heterocycles. The van der Waals surface area contributed by atoms with Crippen LogP contribution in [0.1, 0.15) is 57.2 Å². The summed E-state index contributed by atoms with van der Waals surface area (Å²) in [6, 6.07) is 4.93. The van der Waals surface area contributed by atoms with E-state index in [9.17, 15) is 0 Å². The van der Waals surface area contributed by atoms with Gasteiger partial charge in [-0.3, -0.25) is 0 Å². The van der Waals surface area contributed by atoms with Crippen molar-refractivity contribution < 1.29 is 0 Å². The van der Waals surface area contributed by atoms with Crippen molar-refractivity contribution >= 4 is 17.4 Å². The molecule has 3 heteroatoms. The van der Waals surface area contributed by atoms with Gasteiger partial charge >= 0.3 is 0 Å². The number of hydrogen-bond acceptors (Lipinski definition) is 2. The minimum atomic E-state index is 0.570. The molecule has 20 heavy (non-hydrogen) atoms. The number of halogens is 1. The second-order valence-electron chi connectivity index (χ2n) is 6.15. The Morgan fingerprint density at radius 3 is 2.70 bits per heavy atom. The van der Waals surface area contributed by atoms with Crippen LogP contribution in [0.3, 0.4) is 0 Å². The number of alkyl halides is 1. The Labute approximate surface area is 128 Å². The van der Waals surface area contributed by atoms with Crippen LogP contribution in [0.5, 0.6) is 0 Å². The summed E-state index contributed by atoms with van der Waals surface area (Å²) in [5.41, 5.74) is 2.37. The highest BCUT2D eigenvalue weighted by Gasteiger charge is 2.26.